The van der Waals surface area contributed by atoms with E-state index in [1.54, 1.807) is 30.5 Å². The Morgan fingerprint density at radius 3 is 2.38 bits per heavy atom. The number of nitrogens with one attached hydrogen (secondary N) is 1. The van der Waals surface area contributed by atoms with Crippen molar-refractivity contribution in [2.45, 2.75) is 26.4 Å². The molecule has 0 saturated carbocycles. The predicted octanol–water partition coefficient (Wildman–Crippen LogP) is 3.64. The Morgan fingerprint density at radius 2 is 1.75 bits per heavy atom. The first kappa shape index (κ1) is 17.5. The maximum absolute atomic E-state index is 12.1. The van der Waals surface area contributed by atoms with E-state index in [9.17, 15) is 4.79 Å². The van der Waals surface area contributed by atoms with Gasteiger partial charge < -0.3 is 9.47 Å². The summed E-state index contributed by atoms with van der Waals surface area (Å²) in [4.78, 5) is 12.1. The molecule has 0 heterocycles. The first-order valence-electron chi connectivity index (χ1n) is 7.64. The number of benzene rings is 2. The zero-order chi connectivity index (χ0) is 17.6. The summed E-state index contributed by atoms with van der Waals surface area (Å²) in [6.07, 6.45) is 1.58. The molecule has 0 atom stereocenters. The van der Waals surface area contributed by atoms with Crippen molar-refractivity contribution < 1.29 is 14.3 Å². The second-order valence-corrected chi connectivity index (χ2v) is 6.18. The summed E-state index contributed by atoms with van der Waals surface area (Å²) < 4.78 is 10.9. The fraction of sp³-hybridized carbons (Fsp3) is 0.263. The number of rotatable bonds is 5. The molecule has 0 bridgehead atoms. The van der Waals surface area contributed by atoms with Crippen LogP contribution in [0.3, 0.4) is 0 Å². The van der Waals surface area contributed by atoms with E-state index in [1.165, 1.54) is 7.11 Å². The van der Waals surface area contributed by atoms with E-state index in [0.29, 0.717) is 11.3 Å². The van der Waals surface area contributed by atoms with E-state index in [4.69, 9.17) is 9.47 Å². The lowest BCUT2D eigenvalue weighted by atomic mass is 10.2. The summed E-state index contributed by atoms with van der Waals surface area (Å²) in [5, 5.41) is 3.98. The molecule has 0 aliphatic carbocycles. The number of hydrogen-bond acceptors (Lipinski definition) is 4. The van der Waals surface area contributed by atoms with Gasteiger partial charge in [-0.1, -0.05) is 12.1 Å². The first-order valence-corrected chi connectivity index (χ1v) is 7.64. The van der Waals surface area contributed by atoms with Crippen molar-refractivity contribution in [1.29, 1.82) is 0 Å². The van der Waals surface area contributed by atoms with Crippen molar-refractivity contribution in [3.05, 3.63) is 59.7 Å². The van der Waals surface area contributed by atoms with Gasteiger partial charge in [0.15, 0.2) is 0 Å². The van der Waals surface area contributed by atoms with Crippen LogP contribution in [0.4, 0.5) is 0 Å². The molecular formula is C19H22N2O3. The standard InChI is InChI=1S/C19H22N2O3/c1-19(2,3)24-15-11-9-14(10-12-15)13-20-21-18(22)16-7-5-6-8-17(16)23-4/h5-13H,1-4H3,(H,21,22)/b20-13+. The van der Waals surface area contributed by atoms with Gasteiger partial charge in [0.05, 0.1) is 18.9 Å². The monoisotopic (exact) mass is 326 g/mol. The summed E-state index contributed by atoms with van der Waals surface area (Å²) in [5.41, 5.74) is 3.55. The zero-order valence-corrected chi connectivity index (χ0v) is 14.4. The predicted molar refractivity (Wildman–Crippen MR) is 94.9 cm³/mol. The number of carbonyl (C=O) groups excluding carboxylic acids is 1. The molecule has 0 aromatic heterocycles. The van der Waals surface area contributed by atoms with Gasteiger partial charge in [0.1, 0.15) is 17.1 Å². The fourth-order valence-electron chi connectivity index (χ4n) is 2.03. The van der Waals surface area contributed by atoms with Gasteiger partial charge in [0.25, 0.3) is 5.91 Å². The molecule has 0 spiro atoms. The van der Waals surface area contributed by atoms with Crippen molar-refractivity contribution in [1.82, 2.24) is 5.43 Å². The van der Waals surface area contributed by atoms with Crippen LogP contribution in [-0.4, -0.2) is 24.8 Å². The van der Waals surface area contributed by atoms with Gasteiger partial charge in [-0.2, -0.15) is 5.10 Å². The molecule has 1 N–H and O–H groups in total. The summed E-state index contributed by atoms with van der Waals surface area (Å²) in [7, 11) is 1.52. The van der Waals surface area contributed by atoms with E-state index in [-0.39, 0.29) is 11.5 Å². The first-order chi connectivity index (χ1) is 11.4. The molecule has 0 unspecified atom stereocenters. The highest BCUT2D eigenvalue weighted by Gasteiger charge is 2.11. The Kier molecular flexibility index (Phi) is 5.58. The SMILES string of the molecule is COc1ccccc1C(=O)N/N=C/c1ccc(OC(C)(C)C)cc1. The van der Waals surface area contributed by atoms with Gasteiger partial charge >= 0.3 is 0 Å². The van der Waals surface area contributed by atoms with Crippen molar-refractivity contribution in [3.8, 4) is 11.5 Å². The average molecular weight is 326 g/mol. The van der Waals surface area contributed by atoms with Crippen LogP contribution in [0.1, 0.15) is 36.7 Å². The smallest absolute Gasteiger partial charge is 0.275 e. The van der Waals surface area contributed by atoms with Gasteiger partial charge in [0.2, 0.25) is 0 Å². The summed E-state index contributed by atoms with van der Waals surface area (Å²) >= 11 is 0. The number of para-hydroxylation sites is 1. The number of carbonyl (C=O) groups is 1. The molecule has 0 saturated heterocycles. The molecule has 2 aromatic carbocycles. The quantitative estimate of drug-likeness (QED) is 0.674. The van der Waals surface area contributed by atoms with Gasteiger partial charge in [-0.25, -0.2) is 5.43 Å². The van der Waals surface area contributed by atoms with Crippen molar-refractivity contribution in [2.24, 2.45) is 5.10 Å². The highest BCUT2D eigenvalue weighted by atomic mass is 16.5. The van der Waals surface area contributed by atoms with Gasteiger partial charge in [0, 0.05) is 0 Å². The lowest BCUT2D eigenvalue weighted by molar-refractivity contribution is 0.0952. The average Bonchev–Trinajstić information content (AvgIpc) is 2.55. The second-order valence-electron chi connectivity index (χ2n) is 6.18. The Hall–Kier alpha value is -2.82. The second kappa shape index (κ2) is 7.64. The van der Waals surface area contributed by atoms with Crippen molar-refractivity contribution in [2.75, 3.05) is 7.11 Å². The molecule has 0 fully saturated rings. The van der Waals surface area contributed by atoms with Crippen LogP contribution in [0.2, 0.25) is 0 Å². The molecule has 0 aliphatic rings. The fourth-order valence-corrected chi connectivity index (χ4v) is 2.03. The largest absolute Gasteiger partial charge is 0.496 e. The lowest BCUT2D eigenvalue weighted by Crippen LogP contribution is -2.22. The summed E-state index contributed by atoms with van der Waals surface area (Å²) in [6.45, 7) is 5.99. The molecule has 0 aliphatic heterocycles. The Labute approximate surface area is 142 Å². The number of hydrogen-bond donors (Lipinski definition) is 1. The van der Waals surface area contributed by atoms with Crippen molar-refractivity contribution >= 4 is 12.1 Å². The van der Waals surface area contributed by atoms with Gasteiger partial charge in [-0.3, -0.25) is 4.79 Å². The molecule has 5 heteroatoms. The Balaban J connectivity index is 1.97. The maximum Gasteiger partial charge on any atom is 0.275 e. The number of ether oxygens (including phenoxy) is 2. The van der Waals surface area contributed by atoms with Crippen LogP contribution in [0, 0.1) is 0 Å². The molecule has 2 aromatic rings. The normalized spacial score (nSPS) is 11.3. The number of amides is 1. The topological polar surface area (TPSA) is 59.9 Å². The van der Waals surface area contributed by atoms with Crippen LogP contribution >= 0.6 is 0 Å². The third kappa shape index (κ3) is 5.12. The van der Waals surface area contributed by atoms with Crippen LogP contribution < -0.4 is 14.9 Å². The van der Waals surface area contributed by atoms with Crippen LogP contribution in [0.25, 0.3) is 0 Å². The third-order valence-electron chi connectivity index (χ3n) is 3.04. The van der Waals surface area contributed by atoms with Gasteiger partial charge in [-0.15, -0.1) is 0 Å². The molecule has 0 radical (unpaired) electrons. The van der Waals surface area contributed by atoms with Crippen LogP contribution in [0.15, 0.2) is 53.6 Å². The summed E-state index contributed by atoms with van der Waals surface area (Å²) in [6, 6.07) is 14.5. The van der Waals surface area contributed by atoms with Crippen LogP contribution in [0.5, 0.6) is 11.5 Å². The maximum atomic E-state index is 12.1. The van der Waals surface area contributed by atoms with E-state index in [0.717, 1.165) is 11.3 Å². The highest BCUT2D eigenvalue weighted by Crippen LogP contribution is 2.18. The van der Waals surface area contributed by atoms with E-state index < -0.39 is 0 Å². The van der Waals surface area contributed by atoms with E-state index in [1.807, 2.05) is 45.0 Å². The molecule has 126 valence electrons. The molecule has 24 heavy (non-hydrogen) atoms. The zero-order valence-electron chi connectivity index (χ0n) is 14.4. The molecule has 1 amide bonds. The minimum absolute atomic E-state index is 0.238. The van der Waals surface area contributed by atoms with Gasteiger partial charge in [-0.05, 0) is 62.7 Å². The van der Waals surface area contributed by atoms with Crippen molar-refractivity contribution in [3.63, 3.8) is 0 Å². The van der Waals surface area contributed by atoms with E-state index >= 15 is 0 Å². The number of hydrazone groups is 1. The number of methoxy groups -OCH3 is 1. The third-order valence-corrected chi connectivity index (χ3v) is 3.04. The lowest BCUT2D eigenvalue weighted by Gasteiger charge is -2.21. The Morgan fingerprint density at radius 1 is 1.08 bits per heavy atom. The summed E-state index contributed by atoms with van der Waals surface area (Å²) in [5.74, 6) is 0.975. The molecule has 2 rings (SSSR count). The minimum Gasteiger partial charge on any atom is -0.496 e. The number of nitrogens with zero attached hydrogens (tertiary/aromatic N) is 1. The van der Waals surface area contributed by atoms with Crippen LogP contribution in [-0.2, 0) is 0 Å². The molecular weight excluding hydrogens is 304 g/mol. The molecule has 5 nitrogen and oxygen atoms in total. The Bertz CT molecular complexity index is 716. The highest BCUT2D eigenvalue weighted by molar-refractivity contribution is 5.97. The van der Waals surface area contributed by atoms with E-state index in [2.05, 4.69) is 10.5 Å². The minimum atomic E-state index is -0.323.